The van der Waals surface area contributed by atoms with E-state index in [1.165, 1.54) is 12.1 Å². The van der Waals surface area contributed by atoms with Gasteiger partial charge in [0.2, 0.25) is 10.0 Å². The molecule has 5 nitrogen and oxygen atoms in total. The molecule has 1 N–H and O–H groups in total. The number of thiophene rings is 1. The second-order valence-corrected chi connectivity index (χ2v) is 10.1. The van der Waals surface area contributed by atoms with Crippen molar-refractivity contribution in [3.63, 3.8) is 0 Å². The van der Waals surface area contributed by atoms with Gasteiger partial charge in [-0.3, -0.25) is 4.79 Å². The molecule has 1 aliphatic rings. The van der Waals surface area contributed by atoms with Gasteiger partial charge >= 0.3 is 0 Å². The first-order chi connectivity index (χ1) is 12.3. The van der Waals surface area contributed by atoms with Crippen molar-refractivity contribution in [1.29, 1.82) is 0 Å². The van der Waals surface area contributed by atoms with Gasteiger partial charge in [-0.1, -0.05) is 18.9 Å². The Morgan fingerprint density at radius 1 is 1.31 bits per heavy atom. The number of benzene rings is 1. The second kappa shape index (κ2) is 8.21. The quantitative estimate of drug-likeness (QED) is 0.713. The third-order valence-electron chi connectivity index (χ3n) is 4.43. The van der Waals surface area contributed by atoms with Crippen LogP contribution in [0.4, 0.5) is 0 Å². The third kappa shape index (κ3) is 4.73. The fraction of sp³-hybridized carbons (Fsp3) is 0.389. The Morgan fingerprint density at radius 3 is 2.69 bits per heavy atom. The summed E-state index contributed by atoms with van der Waals surface area (Å²) in [5.74, 6) is -0.201. The van der Waals surface area contributed by atoms with Crippen LogP contribution < -0.4 is 4.72 Å². The van der Waals surface area contributed by atoms with Crippen LogP contribution in [0.1, 0.15) is 40.9 Å². The first-order valence-electron chi connectivity index (χ1n) is 8.46. The maximum atomic E-state index is 12.7. The maximum absolute atomic E-state index is 12.7. The van der Waals surface area contributed by atoms with E-state index in [0.29, 0.717) is 12.1 Å². The predicted octanol–water partition coefficient (Wildman–Crippen LogP) is 4.00. The molecule has 1 heterocycles. The van der Waals surface area contributed by atoms with Crippen LogP contribution in [0.15, 0.2) is 45.1 Å². The molecule has 1 fully saturated rings. The first-order valence-corrected chi connectivity index (χ1v) is 11.6. The molecule has 1 amide bonds. The highest BCUT2D eigenvalue weighted by Crippen LogP contribution is 2.23. The summed E-state index contributed by atoms with van der Waals surface area (Å²) < 4.78 is 28.9. The smallest absolute Gasteiger partial charge is 0.253 e. The van der Waals surface area contributed by atoms with Gasteiger partial charge in [-0.2, -0.15) is 0 Å². The number of nitrogens with zero attached hydrogens (tertiary/aromatic N) is 1. The van der Waals surface area contributed by atoms with Crippen molar-refractivity contribution in [2.45, 2.75) is 43.2 Å². The molecule has 1 aromatic carbocycles. The zero-order valence-corrected chi connectivity index (χ0v) is 17.7. The van der Waals surface area contributed by atoms with Crippen molar-refractivity contribution in [3.05, 3.63) is 50.6 Å². The summed E-state index contributed by atoms with van der Waals surface area (Å²) in [6.45, 7) is 0.479. The highest BCUT2D eigenvalue weighted by molar-refractivity contribution is 9.10. The molecule has 0 spiro atoms. The molecule has 0 bridgehead atoms. The van der Waals surface area contributed by atoms with Crippen LogP contribution >= 0.6 is 27.3 Å². The van der Waals surface area contributed by atoms with Gasteiger partial charge in [0, 0.05) is 33.4 Å². The lowest BCUT2D eigenvalue weighted by molar-refractivity contribution is 0.0786. The van der Waals surface area contributed by atoms with Crippen LogP contribution in [0, 0.1) is 0 Å². The minimum atomic E-state index is -3.61. The number of rotatable bonds is 6. The number of hydrogen-bond donors (Lipinski definition) is 1. The van der Waals surface area contributed by atoms with Crippen molar-refractivity contribution < 1.29 is 13.2 Å². The van der Waals surface area contributed by atoms with Crippen LogP contribution in [0.5, 0.6) is 0 Å². The van der Waals surface area contributed by atoms with Crippen LogP contribution in [-0.2, 0) is 16.6 Å². The minimum Gasteiger partial charge on any atom is -0.337 e. The monoisotopic (exact) mass is 456 g/mol. The Bertz CT molecular complexity index is 889. The second-order valence-electron chi connectivity index (χ2n) is 6.52. The van der Waals surface area contributed by atoms with Gasteiger partial charge in [0.25, 0.3) is 5.91 Å². The lowest BCUT2D eigenvalue weighted by Crippen LogP contribution is -2.33. The van der Waals surface area contributed by atoms with E-state index in [4.69, 9.17) is 0 Å². The van der Waals surface area contributed by atoms with E-state index in [0.717, 1.165) is 35.0 Å². The fourth-order valence-corrected chi connectivity index (χ4v) is 5.94. The van der Waals surface area contributed by atoms with Crippen molar-refractivity contribution in [3.8, 4) is 0 Å². The van der Waals surface area contributed by atoms with Gasteiger partial charge in [-0.15, -0.1) is 11.3 Å². The molecule has 140 valence electrons. The number of sulfonamides is 1. The lowest BCUT2D eigenvalue weighted by Gasteiger charge is -2.17. The van der Waals surface area contributed by atoms with Crippen LogP contribution in [0.25, 0.3) is 0 Å². The van der Waals surface area contributed by atoms with Gasteiger partial charge in [0.15, 0.2) is 0 Å². The molecule has 1 aliphatic carbocycles. The van der Waals surface area contributed by atoms with Gasteiger partial charge < -0.3 is 4.90 Å². The summed E-state index contributed by atoms with van der Waals surface area (Å²) >= 11 is 4.97. The molecule has 0 radical (unpaired) electrons. The zero-order chi connectivity index (χ0) is 18.7. The highest BCUT2D eigenvalue weighted by Gasteiger charge is 2.24. The molecule has 8 heteroatoms. The number of hydrogen-bond acceptors (Lipinski definition) is 4. The molecule has 0 atom stereocenters. The molecule has 3 rings (SSSR count). The molecule has 1 aromatic heterocycles. The van der Waals surface area contributed by atoms with Crippen molar-refractivity contribution >= 4 is 43.2 Å². The third-order valence-corrected chi connectivity index (χ3v) is 7.63. The van der Waals surface area contributed by atoms with Crippen LogP contribution in [0.2, 0.25) is 0 Å². The number of carbonyl (C=O) groups is 1. The largest absolute Gasteiger partial charge is 0.337 e. The molecular formula is C18H21BrN2O3S2. The molecule has 2 aromatic rings. The predicted molar refractivity (Wildman–Crippen MR) is 107 cm³/mol. The topological polar surface area (TPSA) is 66.5 Å². The van der Waals surface area contributed by atoms with E-state index in [9.17, 15) is 13.2 Å². The van der Waals surface area contributed by atoms with E-state index in [-0.39, 0.29) is 16.8 Å². The summed E-state index contributed by atoms with van der Waals surface area (Å²) in [5.41, 5.74) is 0.373. The SMILES string of the molecule is CN(Cc1cc(Br)cs1)C(=O)c1cccc(S(=O)(=O)NC2CCCC2)c1. The Kier molecular flexibility index (Phi) is 6.17. The number of amides is 1. The summed E-state index contributed by atoms with van der Waals surface area (Å²) in [7, 11) is -1.89. The first kappa shape index (κ1) is 19.5. The summed E-state index contributed by atoms with van der Waals surface area (Å²) in [4.78, 5) is 15.5. The zero-order valence-electron chi connectivity index (χ0n) is 14.4. The lowest BCUT2D eigenvalue weighted by atomic mass is 10.2. The summed E-state index contributed by atoms with van der Waals surface area (Å²) in [5, 5.41) is 1.97. The highest BCUT2D eigenvalue weighted by atomic mass is 79.9. The van der Waals surface area contributed by atoms with Gasteiger partial charge in [-0.25, -0.2) is 13.1 Å². The maximum Gasteiger partial charge on any atom is 0.253 e. The average Bonchev–Trinajstić information content (AvgIpc) is 3.25. The molecule has 26 heavy (non-hydrogen) atoms. The van der Waals surface area contributed by atoms with E-state index >= 15 is 0 Å². The van der Waals surface area contributed by atoms with Gasteiger partial charge in [-0.05, 0) is 53.0 Å². The van der Waals surface area contributed by atoms with Crippen molar-refractivity contribution in [2.24, 2.45) is 0 Å². The fourth-order valence-electron chi connectivity index (χ4n) is 3.09. The summed E-state index contributed by atoms with van der Waals surface area (Å²) in [6, 6.07) is 8.23. The molecule has 1 saturated carbocycles. The standard InChI is InChI=1S/C18H21BrN2O3S2/c1-21(11-16-10-14(19)12-25-16)18(22)13-5-4-8-17(9-13)26(23,24)20-15-6-2-3-7-15/h4-5,8-10,12,15,20H,2-3,6-7,11H2,1H3. The molecule has 0 aliphatic heterocycles. The number of halogens is 1. The van der Waals surface area contributed by atoms with Gasteiger partial charge in [0.05, 0.1) is 11.4 Å². The summed E-state index contributed by atoms with van der Waals surface area (Å²) in [6.07, 6.45) is 3.85. The Balaban J connectivity index is 1.74. The Hall–Kier alpha value is -1.22. The molecular weight excluding hydrogens is 436 g/mol. The Morgan fingerprint density at radius 2 is 2.04 bits per heavy atom. The van der Waals surface area contributed by atoms with E-state index < -0.39 is 10.0 Å². The van der Waals surface area contributed by atoms with Crippen LogP contribution in [-0.4, -0.2) is 32.3 Å². The molecule has 0 unspecified atom stereocenters. The normalized spacial score (nSPS) is 15.3. The van der Waals surface area contributed by atoms with Gasteiger partial charge in [0.1, 0.15) is 0 Å². The molecule has 0 saturated heterocycles. The van der Waals surface area contributed by atoms with Crippen molar-refractivity contribution in [2.75, 3.05) is 7.05 Å². The van der Waals surface area contributed by atoms with E-state index in [2.05, 4.69) is 20.7 Å². The minimum absolute atomic E-state index is 0.000642. The van der Waals surface area contributed by atoms with Crippen molar-refractivity contribution in [1.82, 2.24) is 9.62 Å². The average molecular weight is 457 g/mol. The number of carbonyl (C=O) groups excluding carboxylic acids is 1. The van der Waals surface area contributed by atoms with Crippen LogP contribution in [0.3, 0.4) is 0 Å². The van der Waals surface area contributed by atoms with E-state index in [1.807, 2.05) is 11.4 Å². The van der Waals surface area contributed by atoms with E-state index in [1.54, 1.807) is 35.4 Å². The Labute approximate surface area is 166 Å². The number of nitrogens with one attached hydrogen (secondary N) is 1.